The van der Waals surface area contributed by atoms with Gasteiger partial charge in [-0.3, -0.25) is 4.79 Å². The van der Waals surface area contributed by atoms with Crippen LogP contribution in [-0.2, 0) is 6.42 Å². The first-order valence-electron chi connectivity index (χ1n) is 6.87. The van der Waals surface area contributed by atoms with Crippen molar-refractivity contribution in [1.82, 2.24) is 4.98 Å². The first kappa shape index (κ1) is 14.3. The minimum absolute atomic E-state index is 0.208. The van der Waals surface area contributed by atoms with Crippen molar-refractivity contribution in [3.05, 3.63) is 53.3 Å². The molecule has 1 aromatic heterocycles. The number of hydrogen-bond donors (Lipinski definition) is 3. The minimum atomic E-state index is -0.582. The molecule has 4 heteroatoms. The summed E-state index contributed by atoms with van der Waals surface area (Å²) in [5.74, 6) is -0.208. The average molecular weight is 272 g/mol. The fraction of sp³-hybridized carbons (Fsp3) is 0.312. The summed E-state index contributed by atoms with van der Waals surface area (Å²) in [5, 5.41) is 12.3. The molecule has 0 aliphatic carbocycles. The van der Waals surface area contributed by atoms with Gasteiger partial charge in [0, 0.05) is 11.9 Å². The van der Waals surface area contributed by atoms with Crippen molar-refractivity contribution in [2.24, 2.45) is 0 Å². The van der Waals surface area contributed by atoms with Gasteiger partial charge in [0.1, 0.15) is 5.69 Å². The summed E-state index contributed by atoms with van der Waals surface area (Å²) in [7, 11) is 0. The predicted octanol–water partition coefficient (Wildman–Crippen LogP) is 3.27. The first-order chi connectivity index (χ1) is 9.60. The minimum Gasteiger partial charge on any atom is -0.389 e. The molecule has 1 unspecified atom stereocenters. The molecule has 0 aliphatic heterocycles. The van der Waals surface area contributed by atoms with E-state index in [0.717, 1.165) is 18.5 Å². The first-order valence-corrected chi connectivity index (χ1v) is 6.87. The van der Waals surface area contributed by atoms with E-state index in [1.807, 2.05) is 24.3 Å². The summed E-state index contributed by atoms with van der Waals surface area (Å²) in [5.41, 5.74) is 3.18. The van der Waals surface area contributed by atoms with Crippen LogP contribution in [0, 0.1) is 0 Å². The zero-order valence-corrected chi connectivity index (χ0v) is 11.8. The topological polar surface area (TPSA) is 65.1 Å². The molecule has 20 heavy (non-hydrogen) atoms. The van der Waals surface area contributed by atoms with Crippen LogP contribution in [0.2, 0.25) is 0 Å². The van der Waals surface area contributed by atoms with E-state index < -0.39 is 6.10 Å². The maximum atomic E-state index is 12.0. The number of aliphatic hydroxyl groups excluding tert-OH is 1. The van der Waals surface area contributed by atoms with Crippen LogP contribution in [0.5, 0.6) is 0 Å². The number of anilines is 1. The van der Waals surface area contributed by atoms with E-state index in [4.69, 9.17) is 0 Å². The summed E-state index contributed by atoms with van der Waals surface area (Å²) in [6.45, 7) is 3.80. The fourth-order valence-electron chi connectivity index (χ4n) is 2.03. The van der Waals surface area contributed by atoms with Crippen LogP contribution < -0.4 is 5.32 Å². The van der Waals surface area contributed by atoms with Crippen LogP contribution in [-0.4, -0.2) is 16.0 Å². The Balaban J connectivity index is 2.03. The Morgan fingerprint density at radius 3 is 2.60 bits per heavy atom. The van der Waals surface area contributed by atoms with Crippen molar-refractivity contribution in [2.45, 2.75) is 32.8 Å². The van der Waals surface area contributed by atoms with Gasteiger partial charge in [-0.2, -0.15) is 0 Å². The highest BCUT2D eigenvalue weighted by Crippen LogP contribution is 2.15. The molecule has 0 radical (unpaired) electrons. The Bertz CT molecular complexity index is 570. The van der Waals surface area contributed by atoms with E-state index >= 15 is 0 Å². The summed E-state index contributed by atoms with van der Waals surface area (Å²) in [4.78, 5) is 14.9. The van der Waals surface area contributed by atoms with Crippen LogP contribution in [0.3, 0.4) is 0 Å². The number of nitrogens with one attached hydrogen (secondary N) is 2. The van der Waals surface area contributed by atoms with Gasteiger partial charge in [0.15, 0.2) is 0 Å². The highest BCUT2D eigenvalue weighted by molar-refractivity contribution is 6.03. The van der Waals surface area contributed by atoms with Crippen LogP contribution >= 0.6 is 0 Å². The van der Waals surface area contributed by atoms with Crippen molar-refractivity contribution in [2.75, 3.05) is 5.32 Å². The quantitative estimate of drug-likeness (QED) is 0.782. The Morgan fingerprint density at radius 2 is 2.05 bits per heavy atom. The molecule has 1 heterocycles. The van der Waals surface area contributed by atoms with Crippen molar-refractivity contribution >= 4 is 11.6 Å². The summed E-state index contributed by atoms with van der Waals surface area (Å²) in [6, 6.07) is 9.51. The van der Waals surface area contributed by atoms with Crippen LogP contribution in [0.4, 0.5) is 5.69 Å². The van der Waals surface area contributed by atoms with Gasteiger partial charge in [-0.15, -0.1) is 0 Å². The molecule has 1 amide bonds. The average Bonchev–Trinajstić information content (AvgIpc) is 2.91. The second-order valence-electron chi connectivity index (χ2n) is 4.92. The number of carbonyl (C=O) groups is 1. The molecule has 0 bridgehead atoms. The van der Waals surface area contributed by atoms with E-state index in [1.165, 1.54) is 5.56 Å². The number of carbonyl (C=O) groups excluding carboxylic acids is 1. The number of benzene rings is 1. The van der Waals surface area contributed by atoms with Gasteiger partial charge in [-0.05, 0) is 42.7 Å². The molecule has 0 aliphatic rings. The van der Waals surface area contributed by atoms with E-state index in [2.05, 4.69) is 17.2 Å². The molecule has 106 valence electrons. The lowest BCUT2D eigenvalue weighted by Crippen LogP contribution is -2.12. The third-order valence-corrected chi connectivity index (χ3v) is 3.18. The van der Waals surface area contributed by atoms with Crippen LogP contribution in [0.25, 0.3) is 0 Å². The number of amides is 1. The lowest BCUT2D eigenvalue weighted by molar-refractivity contribution is 0.102. The summed E-state index contributed by atoms with van der Waals surface area (Å²) < 4.78 is 0. The lowest BCUT2D eigenvalue weighted by Gasteiger charge is -2.05. The van der Waals surface area contributed by atoms with Crippen molar-refractivity contribution < 1.29 is 9.90 Å². The molecule has 3 N–H and O–H groups in total. The van der Waals surface area contributed by atoms with Gasteiger partial charge >= 0.3 is 0 Å². The van der Waals surface area contributed by atoms with E-state index in [9.17, 15) is 9.90 Å². The SMILES string of the molecule is CCCc1ccc(NC(=O)c2cc(C(C)O)c[nH]2)cc1. The smallest absolute Gasteiger partial charge is 0.272 e. The zero-order chi connectivity index (χ0) is 14.5. The number of aromatic nitrogens is 1. The number of hydrogen-bond acceptors (Lipinski definition) is 2. The maximum absolute atomic E-state index is 12.0. The molecule has 0 spiro atoms. The fourth-order valence-corrected chi connectivity index (χ4v) is 2.03. The zero-order valence-electron chi connectivity index (χ0n) is 11.8. The van der Waals surface area contributed by atoms with Gasteiger partial charge in [-0.1, -0.05) is 25.5 Å². The highest BCUT2D eigenvalue weighted by atomic mass is 16.3. The standard InChI is InChI=1S/C16H20N2O2/c1-3-4-12-5-7-14(8-6-12)18-16(20)15-9-13(10-17-15)11(2)19/h5-11,17,19H,3-4H2,1-2H3,(H,18,20). The van der Waals surface area contributed by atoms with Crippen LogP contribution in [0.1, 0.15) is 48.0 Å². The van der Waals surface area contributed by atoms with E-state index in [1.54, 1.807) is 19.2 Å². The van der Waals surface area contributed by atoms with Crippen molar-refractivity contribution in [1.29, 1.82) is 0 Å². The predicted molar refractivity (Wildman–Crippen MR) is 79.8 cm³/mol. The molecule has 0 saturated carbocycles. The Labute approximate surface area is 118 Å². The summed E-state index contributed by atoms with van der Waals surface area (Å²) >= 11 is 0. The molecule has 2 rings (SSSR count). The molecular formula is C16H20N2O2. The lowest BCUT2D eigenvalue weighted by atomic mass is 10.1. The number of aromatic amines is 1. The van der Waals surface area contributed by atoms with Gasteiger partial charge < -0.3 is 15.4 Å². The van der Waals surface area contributed by atoms with Gasteiger partial charge in [0.2, 0.25) is 0 Å². The molecule has 0 fully saturated rings. The van der Waals surface area contributed by atoms with Crippen LogP contribution in [0.15, 0.2) is 36.5 Å². The van der Waals surface area contributed by atoms with E-state index in [-0.39, 0.29) is 5.91 Å². The third-order valence-electron chi connectivity index (χ3n) is 3.18. The largest absolute Gasteiger partial charge is 0.389 e. The Kier molecular flexibility index (Phi) is 4.58. The van der Waals surface area contributed by atoms with Gasteiger partial charge in [0.25, 0.3) is 5.91 Å². The number of rotatable bonds is 5. The molecule has 4 nitrogen and oxygen atoms in total. The molecular weight excluding hydrogens is 252 g/mol. The second-order valence-corrected chi connectivity index (χ2v) is 4.92. The normalized spacial score (nSPS) is 12.2. The second kappa shape index (κ2) is 6.39. The van der Waals surface area contributed by atoms with Gasteiger partial charge in [-0.25, -0.2) is 0 Å². The Hall–Kier alpha value is -2.07. The summed E-state index contributed by atoms with van der Waals surface area (Å²) in [6.07, 6.45) is 3.21. The van der Waals surface area contributed by atoms with Gasteiger partial charge in [0.05, 0.1) is 6.10 Å². The monoisotopic (exact) mass is 272 g/mol. The van der Waals surface area contributed by atoms with E-state index in [0.29, 0.717) is 11.3 Å². The molecule has 1 atom stereocenters. The number of H-pyrrole nitrogens is 1. The molecule has 0 saturated heterocycles. The highest BCUT2D eigenvalue weighted by Gasteiger charge is 2.11. The van der Waals surface area contributed by atoms with Crippen molar-refractivity contribution in [3.63, 3.8) is 0 Å². The molecule has 2 aromatic rings. The number of aryl methyl sites for hydroxylation is 1. The maximum Gasteiger partial charge on any atom is 0.272 e. The number of aliphatic hydroxyl groups is 1. The van der Waals surface area contributed by atoms with Crippen molar-refractivity contribution in [3.8, 4) is 0 Å². The molecule has 1 aromatic carbocycles. The Morgan fingerprint density at radius 1 is 1.35 bits per heavy atom. The third kappa shape index (κ3) is 3.48.